The van der Waals surface area contributed by atoms with Crippen LogP contribution in [0.5, 0.6) is 0 Å². The quantitative estimate of drug-likeness (QED) is 0.571. The molecule has 0 saturated heterocycles. The number of carbonyl (C=O) groups excluding carboxylic acids is 1. The number of hydrogen-bond acceptors (Lipinski definition) is 4. The van der Waals surface area contributed by atoms with Crippen molar-refractivity contribution in [3.05, 3.63) is 102 Å². The number of benzene rings is 2. The number of ketones is 1. The van der Waals surface area contributed by atoms with Crippen LogP contribution in [0.2, 0.25) is 0 Å². The Kier molecular flexibility index (Phi) is 5.01. The second kappa shape index (κ2) is 7.66. The Bertz CT molecular complexity index is 1510. The molecule has 1 aliphatic heterocycles. The molecule has 0 N–H and O–H groups in total. The average molecular weight is 469 g/mol. The molecule has 1 aromatic heterocycles. The second-order valence-corrected chi connectivity index (χ2v) is 10.1. The fourth-order valence-corrected chi connectivity index (χ4v) is 5.48. The van der Waals surface area contributed by atoms with Crippen molar-refractivity contribution in [1.29, 1.82) is 0 Å². The van der Waals surface area contributed by atoms with Crippen molar-refractivity contribution in [2.75, 3.05) is 0 Å². The summed E-state index contributed by atoms with van der Waals surface area (Å²) in [6, 6.07) is 8.39. The van der Waals surface area contributed by atoms with E-state index in [4.69, 9.17) is 0 Å². The molecule has 5 rings (SSSR count). The number of thiazole rings is 1. The van der Waals surface area contributed by atoms with Gasteiger partial charge in [-0.1, -0.05) is 43.4 Å². The van der Waals surface area contributed by atoms with Crippen LogP contribution in [0, 0.1) is 22.9 Å². The van der Waals surface area contributed by atoms with Gasteiger partial charge in [-0.25, -0.2) is 18.2 Å². The molecule has 0 saturated carbocycles. The van der Waals surface area contributed by atoms with Crippen LogP contribution in [0.4, 0.5) is 13.2 Å². The number of halogens is 3. The maximum atomic E-state index is 13.7. The summed E-state index contributed by atoms with van der Waals surface area (Å²) < 4.78 is 42.3. The molecule has 4 nitrogen and oxygen atoms in total. The molecule has 3 aromatic rings. The van der Waals surface area contributed by atoms with Gasteiger partial charge >= 0.3 is 0 Å². The Morgan fingerprint density at radius 3 is 2.45 bits per heavy atom. The van der Waals surface area contributed by atoms with E-state index >= 15 is 0 Å². The Morgan fingerprint density at radius 2 is 1.76 bits per heavy atom. The van der Waals surface area contributed by atoms with Crippen LogP contribution in [-0.4, -0.2) is 10.4 Å². The van der Waals surface area contributed by atoms with E-state index in [-0.39, 0.29) is 15.7 Å². The van der Waals surface area contributed by atoms with E-state index in [0.29, 0.717) is 40.0 Å². The third-order valence-electron chi connectivity index (χ3n) is 5.92. The normalized spacial score (nSPS) is 19.8. The number of rotatable bonds is 2. The molecule has 8 heteroatoms. The van der Waals surface area contributed by atoms with E-state index < -0.39 is 29.1 Å². The van der Waals surface area contributed by atoms with Gasteiger partial charge in [0.2, 0.25) is 0 Å². The third kappa shape index (κ3) is 3.78. The lowest BCUT2D eigenvalue weighted by Gasteiger charge is -2.35. The molecule has 33 heavy (non-hydrogen) atoms. The van der Waals surface area contributed by atoms with E-state index in [9.17, 15) is 22.8 Å². The Balaban J connectivity index is 1.76. The zero-order valence-corrected chi connectivity index (χ0v) is 18.7. The molecule has 2 aliphatic rings. The van der Waals surface area contributed by atoms with Crippen molar-refractivity contribution in [1.82, 2.24) is 4.57 Å². The van der Waals surface area contributed by atoms with E-state index in [2.05, 4.69) is 4.99 Å². The summed E-state index contributed by atoms with van der Waals surface area (Å²) in [6.07, 6.45) is 2.37. The number of carbonyl (C=O) groups is 1. The first-order valence-corrected chi connectivity index (χ1v) is 11.2. The predicted molar refractivity (Wildman–Crippen MR) is 119 cm³/mol. The van der Waals surface area contributed by atoms with Crippen molar-refractivity contribution < 1.29 is 18.0 Å². The first-order chi connectivity index (χ1) is 15.6. The summed E-state index contributed by atoms with van der Waals surface area (Å²) in [5.41, 5.74) is 1.35. The minimum absolute atomic E-state index is 0.0887. The second-order valence-electron chi connectivity index (χ2n) is 9.11. The standard InChI is InChI=1S/C25H19F3N2O2S/c1-25(2)11-18-21(19(31)12-25)22(14-4-6-15(26)7-5-14)30-23(32)20(33-24(30)29-18)10-13-3-8-16(27)17(28)9-13/h3-10,22H,11-12H2,1-2H3/b20-10-. The Hall–Kier alpha value is -3.26. The molecule has 0 bridgehead atoms. The zero-order valence-electron chi connectivity index (χ0n) is 17.9. The van der Waals surface area contributed by atoms with Gasteiger partial charge in [-0.15, -0.1) is 0 Å². The molecule has 1 unspecified atom stereocenters. The molecule has 168 valence electrons. The van der Waals surface area contributed by atoms with Gasteiger partial charge in [0.05, 0.1) is 16.3 Å². The van der Waals surface area contributed by atoms with Crippen LogP contribution in [0.1, 0.15) is 43.9 Å². The van der Waals surface area contributed by atoms with Crippen LogP contribution in [-0.2, 0) is 4.79 Å². The number of allylic oxidation sites excluding steroid dienone is 2. The summed E-state index contributed by atoms with van der Waals surface area (Å²) in [5.74, 6) is -2.49. The van der Waals surface area contributed by atoms with E-state index in [1.807, 2.05) is 13.8 Å². The molecule has 2 heterocycles. The van der Waals surface area contributed by atoms with Gasteiger partial charge < -0.3 is 0 Å². The van der Waals surface area contributed by atoms with Crippen LogP contribution in [0.25, 0.3) is 6.08 Å². The van der Waals surface area contributed by atoms with Crippen molar-refractivity contribution in [3.63, 3.8) is 0 Å². The topological polar surface area (TPSA) is 51.4 Å². The largest absolute Gasteiger partial charge is 0.294 e. The molecule has 0 radical (unpaired) electrons. The fraction of sp³-hybridized carbons (Fsp3) is 0.240. The van der Waals surface area contributed by atoms with Crippen LogP contribution in [0.15, 0.2) is 63.5 Å². The smallest absolute Gasteiger partial charge is 0.271 e. The Labute approximate surface area is 191 Å². The number of nitrogens with zero attached hydrogens (tertiary/aromatic N) is 2. The van der Waals surface area contributed by atoms with Gasteiger partial charge in [0, 0.05) is 12.0 Å². The summed E-state index contributed by atoms with van der Waals surface area (Å²) in [5, 5.41) is 0. The molecule has 0 fully saturated rings. The average Bonchev–Trinajstić information content (AvgIpc) is 3.04. The highest BCUT2D eigenvalue weighted by Gasteiger charge is 2.40. The molecule has 1 aliphatic carbocycles. The summed E-state index contributed by atoms with van der Waals surface area (Å²) in [4.78, 5) is 31.7. The van der Waals surface area contributed by atoms with E-state index in [1.54, 1.807) is 12.1 Å². The minimum Gasteiger partial charge on any atom is -0.294 e. The maximum absolute atomic E-state index is 13.7. The van der Waals surface area contributed by atoms with Gasteiger partial charge in [0.1, 0.15) is 5.82 Å². The van der Waals surface area contributed by atoms with Crippen molar-refractivity contribution >= 4 is 23.2 Å². The van der Waals surface area contributed by atoms with Crippen LogP contribution >= 0.6 is 11.3 Å². The van der Waals surface area contributed by atoms with Gasteiger partial charge in [-0.2, -0.15) is 0 Å². The zero-order chi connectivity index (χ0) is 23.5. The van der Waals surface area contributed by atoms with E-state index in [0.717, 1.165) is 23.5 Å². The lowest BCUT2D eigenvalue weighted by molar-refractivity contribution is -0.118. The predicted octanol–water partition coefficient (Wildman–Crippen LogP) is 4.02. The molecule has 0 amide bonds. The molecule has 0 spiro atoms. The third-order valence-corrected chi connectivity index (χ3v) is 6.91. The van der Waals surface area contributed by atoms with Crippen LogP contribution < -0.4 is 14.9 Å². The number of aromatic nitrogens is 1. The summed E-state index contributed by atoms with van der Waals surface area (Å²) in [6.45, 7) is 3.99. The summed E-state index contributed by atoms with van der Waals surface area (Å²) in [7, 11) is 0. The van der Waals surface area contributed by atoms with E-state index in [1.165, 1.54) is 28.8 Å². The van der Waals surface area contributed by atoms with Crippen molar-refractivity contribution in [2.24, 2.45) is 10.4 Å². The monoisotopic (exact) mass is 468 g/mol. The Morgan fingerprint density at radius 1 is 1.03 bits per heavy atom. The lowest BCUT2D eigenvalue weighted by atomic mass is 9.73. The lowest BCUT2D eigenvalue weighted by Crippen LogP contribution is -2.42. The van der Waals surface area contributed by atoms with Gasteiger partial charge in [0.15, 0.2) is 22.2 Å². The van der Waals surface area contributed by atoms with Gasteiger partial charge in [0.25, 0.3) is 5.56 Å². The number of hydrogen-bond donors (Lipinski definition) is 0. The summed E-state index contributed by atoms with van der Waals surface area (Å²) >= 11 is 1.12. The highest BCUT2D eigenvalue weighted by molar-refractivity contribution is 7.07. The van der Waals surface area contributed by atoms with Gasteiger partial charge in [-0.3, -0.25) is 14.2 Å². The first kappa shape index (κ1) is 21.6. The highest BCUT2D eigenvalue weighted by atomic mass is 32.1. The van der Waals surface area contributed by atoms with Crippen molar-refractivity contribution in [2.45, 2.75) is 32.7 Å². The van der Waals surface area contributed by atoms with Gasteiger partial charge in [-0.05, 0) is 53.3 Å². The maximum Gasteiger partial charge on any atom is 0.271 e. The SMILES string of the molecule is CC1(C)CC(=O)C2=C(C1)N=c1s/c(=C\c3ccc(F)c(F)c3)c(=O)n1C2c1ccc(F)cc1. The molecular weight excluding hydrogens is 449 g/mol. The fourth-order valence-electron chi connectivity index (χ4n) is 4.46. The van der Waals surface area contributed by atoms with Crippen LogP contribution in [0.3, 0.4) is 0 Å². The molecule has 2 aromatic carbocycles. The number of Topliss-reactive ketones (excluding diaryl/α,β-unsaturated/α-hetero) is 1. The first-order valence-electron chi connectivity index (χ1n) is 10.4. The minimum atomic E-state index is -1.01. The molecular formula is C25H19F3N2O2S. The van der Waals surface area contributed by atoms with Crippen molar-refractivity contribution in [3.8, 4) is 0 Å². The molecule has 1 atom stereocenters. The number of fused-ring (bicyclic) bond motifs is 1. The highest BCUT2D eigenvalue weighted by Crippen LogP contribution is 2.43.